The lowest BCUT2D eigenvalue weighted by atomic mass is 9.92. The van der Waals surface area contributed by atoms with Gasteiger partial charge in [-0.2, -0.15) is 0 Å². The molecule has 1 aromatic heterocycles. The summed E-state index contributed by atoms with van der Waals surface area (Å²) < 4.78 is 2.62. The maximum atomic E-state index is 2.36. The monoisotopic (exact) mass is 770 g/mol. The summed E-state index contributed by atoms with van der Waals surface area (Å²) in [5.74, 6) is 0. The Morgan fingerprint density at radius 1 is 0.254 bits per heavy atom. The number of benzene rings is 10. The van der Waals surface area contributed by atoms with Gasteiger partial charge >= 0.3 is 0 Å². The maximum Gasteiger partial charge on any atom is 0.0468 e. The molecule has 0 amide bonds. The molecular weight excluding hydrogens is 733 g/mol. The van der Waals surface area contributed by atoms with Crippen molar-refractivity contribution in [1.29, 1.82) is 0 Å². The van der Waals surface area contributed by atoms with E-state index in [1.165, 1.54) is 64.0 Å². The number of rotatable bonds is 8. The number of hydrogen-bond acceptors (Lipinski definition) is 3. The number of thiophene rings is 1. The van der Waals surface area contributed by atoms with Crippen molar-refractivity contribution in [3.63, 3.8) is 0 Å². The number of hydrogen-bond donors (Lipinski definition) is 0. The third-order valence-electron chi connectivity index (χ3n) is 11.4. The molecule has 0 radical (unpaired) electrons. The Bertz CT molecular complexity index is 3250. The summed E-state index contributed by atoms with van der Waals surface area (Å²) in [5, 5.41) is 7.59. The average molecular weight is 771 g/mol. The van der Waals surface area contributed by atoms with Crippen LogP contribution in [0, 0.1) is 0 Å². The van der Waals surface area contributed by atoms with E-state index in [1.807, 2.05) is 11.3 Å². The summed E-state index contributed by atoms with van der Waals surface area (Å²) >= 11 is 1.85. The zero-order valence-electron chi connectivity index (χ0n) is 32.2. The number of fused-ring (bicyclic) bond motifs is 6. The molecule has 0 N–H and O–H groups in total. The van der Waals surface area contributed by atoms with Gasteiger partial charge in [-0.15, -0.1) is 11.3 Å². The summed E-state index contributed by atoms with van der Waals surface area (Å²) in [7, 11) is 0. The second kappa shape index (κ2) is 14.8. The van der Waals surface area contributed by atoms with Gasteiger partial charge in [0.05, 0.1) is 0 Å². The molecule has 0 saturated heterocycles. The molecule has 0 unspecified atom stereocenters. The molecule has 0 aliphatic carbocycles. The van der Waals surface area contributed by atoms with Crippen LogP contribution in [0.3, 0.4) is 0 Å². The Morgan fingerprint density at radius 3 is 1.34 bits per heavy atom. The second-order valence-corrected chi connectivity index (χ2v) is 16.0. The fraction of sp³-hybridized carbons (Fsp3) is 0. The minimum absolute atomic E-state index is 1.10. The Balaban J connectivity index is 0.961. The molecule has 1 heterocycles. The van der Waals surface area contributed by atoms with Gasteiger partial charge in [0.25, 0.3) is 0 Å². The molecule has 3 heteroatoms. The van der Waals surface area contributed by atoms with E-state index in [0.29, 0.717) is 0 Å². The fourth-order valence-corrected chi connectivity index (χ4v) is 9.68. The number of para-hydroxylation sites is 2. The lowest BCUT2D eigenvalue weighted by Crippen LogP contribution is -2.10. The van der Waals surface area contributed by atoms with Crippen LogP contribution in [-0.4, -0.2) is 0 Å². The molecule has 0 aliphatic heterocycles. The van der Waals surface area contributed by atoms with Crippen molar-refractivity contribution < 1.29 is 0 Å². The van der Waals surface area contributed by atoms with Crippen molar-refractivity contribution in [1.82, 2.24) is 0 Å². The van der Waals surface area contributed by atoms with Gasteiger partial charge in [-0.1, -0.05) is 140 Å². The second-order valence-electron chi connectivity index (χ2n) is 15.0. The summed E-state index contributed by atoms with van der Waals surface area (Å²) in [4.78, 5) is 4.72. The van der Waals surface area contributed by atoms with E-state index in [4.69, 9.17) is 0 Å². The molecule has 59 heavy (non-hydrogen) atoms. The van der Waals surface area contributed by atoms with Crippen LogP contribution in [0.2, 0.25) is 0 Å². The normalized spacial score (nSPS) is 11.4. The van der Waals surface area contributed by atoms with Crippen LogP contribution in [0.25, 0.3) is 64.0 Å². The summed E-state index contributed by atoms with van der Waals surface area (Å²) in [6.45, 7) is 0. The number of nitrogens with zero attached hydrogens (tertiary/aromatic N) is 2. The smallest absolute Gasteiger partial charge is 0.0468 e. The van der Waals surface area contributed by atoms with Crippen molar-refractivity contribution in [2.75, 3.05) is 9.80 Å². The largest absolute Gasteiger partial charge is 0.310 e. The zero-order chi connectivity index (χ0) is 39.1. The summed E-state index contributed by atoms with van der Waals surface area (Å²) in [6, 6.07) is 83.6. The van der Waals surface area contributed by atoms with Crippen LogP contribution in [0.1, 0.15) is 0 Å². The first-order chi connectivity index (χ1) is 29.2. The van der Waals surface area contributed by atoms with Gasteiger partial charge in [0.2, 0.25) is 0 Å². The lowest BCUT2D eigenvalue weighted by molar-refractivity contribution is 1.28. The van der Waals surface area contributed by atoms with Crippen LogP contribution in [0.15, 0.2) is 231 Å². The third kappa shape index (κ3) is 6.39. The Morgan fingerprint density at radius 2 is 0.712 bits per heavy atom. The highest BCUT2D eigenvalue weighted by Gasteiger charge is 2.18. The van der Waals surface area contributed by atoms with Gasteiger partial charge in [-0.3, -0.25) is 0 Å². The molecule has 0 atom stereocenters. The Hall–Kier alpha value is -7.46. The van der Waals surface area contributed by atoms with E-state index >= 15 is 0 Å². The Kier molecular flexibility index (Phi) is 8.72. The molecule has 278 valence electrons. The van der Waals surface area contributed by atoms with Gasteiger partial charge in [-0.05, 0) is 135 Å². The molecule has 11 rings (SSSR count). The van der Waals surface area contributed by atoms with E-state index in [1.54, 1.807) is 0 Å². The first-order valence-electron chi connectivity index (χ1n) is 20.1. The molecule has 0 spiro atoms. The fourth-order valence-electron chi connectivity index (χ4n) is 8.59. The highest BCUT2D eigenvalue weighted by atomic mass is 32.1. The van der Waals surface area contributed by atoms with Gasteiger partial charge in [-0.25, -0.2) is 0 Å². The van der Waals surface area contributed by atoms with Crippen molar-refractivity contribution in [2.45, 2.75) is 0 Å². The van der Waals surface area contributed by atoms with Crippen molar-refractivity contribution in [3.05, 3.63) is 231 Å². The first kappa shape index (κ1) is 34.8. The molecule has 10 aromatic carbocycles. The molecule has 0 bridgehead atoms. The van der Waals surface area contributed by atoms with Crippen molar-refractivity contribution in [3.8, 4) is 22.3 Å². The molecule has 11 aromatic rings. The van der Waals surface area contributed by atoms with Gasteiger partial charge < -0.3 is 9.80 Å². The lowest BCUT2D eigenvalue weighted by Gasteiger charge is -2.27. The van der Waals surface area contributed by atoms with E-state index in [-0.39, 0.29) is 0 Å². The maximum absolute atomic E-state index is 2.36. The molecular formula is C56H38N2S. The van der Waals surface area contributed by atoms with Crippen molar-refractivity contribution >= 4 is 87.2 Å². The molecule has 2 nitrogen and oxygen atoms in total. The molecule has 0 aliphatic rings. The van der Waals surface area contributed by atoms with Crippen molar-refractivity contribution in [2.24, 2.45) is 0 Å². The van der Waals surface area contributed by atoms with E-state index in [2.05, 4.69) is 240 Å². The van der Waals surface area contributed by atoms with Gasteiger partial charge in [0.15, 0.2) is 0 Å². The zero-order valence-corrected chi connectivity index (χ0v) is 33.1. The van der Waals surface area contributed by atoms with E-state index in [9.17, 15) is 0 Å². The predicted octanol–water partition coefficient (Wildman–Crippen LogP) is 16.6. The van der Waals surface area contributed by atoms with E-state index in [0.717, 1.165) is 34.1 Å². The van der Waals surface area contributed by atoms with Crippen LogP contribution in [0.4, 0.5) is 34.1 Å². The third-order valence-corrected chi connectivity index (χ3v) is 12.6. The van der Waals surface area contributed by atoms with Crippen LogP contribution >= 0.6 is 11.3 Å². The van der Waals surface area contributed by atoms with Crippen LogP contribution in [-0.2, 0) is 0 Å². The standard InChI is InChI=1S/C56H38N2S/c1-4-14-41(15-5-1)52-36-42-16-10-11-21-49(42)50-34-32-47(37-53(50)52)57(43-17-6-2-7-18-43)45-28-24-39(25-29-45)40-26-30-46(31-27-40)58(44-19-8-3-9-20-44)48-33-35-56-54(38-48)51-22-12-13-23-55(51)59-56/h1-38H. The molecule has 0 fully saturated rings. The minimum atomic E-state index is 1.10. The first-order valence-corrected chi connectivity index (χ1v) is 20.9. The summed E-state index contributed by atoms with van der Waals surface area (Å²) in [5.41, 5.74) is 11.5. The predicted molar refractivity (Wildman–Crippen MR) is 255 cm³/mol. The SMILES string of the molecule is c1ccc(-c2cc3ccccc3c3ccc(N(c4ccccc4)c4ccc(-c5ccc(N(c6ccccc6)c6ccc7sc8ccccc8c7c6)cc5)cc4)cc23)cc1. The van der Waals surface area contributed by atoms with Crippen LogP contribution < -0.4 is 9.80 Å². The van der Waals surface area contributed by atoms with E-state index < -0.39 is 0 Å². The summed E-state index contributed by atoms with van der Waals surface area (Å²) in [6.07, 6.45) is 0. The minimum Gasteiger partial charge on any atom is -0.310 e. The van der Waals surface area contributed by atoms with Gasteiger partial charge in [0.1, 0.15) is 0 Å². The highest BCUT2D eigenvalue weighted by molar-refractivity contribution is 7.25. The average Bonchev–Trinajstić information content (AvgIpc) is 3.68. The molecule has 0 saturated carbocycles. The van der Waals surface area contributed by atoms with Crippen LogP contribution in [0.5, 0.6) is 0 Å². The highest BCUT2D eigenvalue weighted by Crippen LogP contribution is 2.43. The quantitative estimate of drug-likeness (QED) is 0.142. The van der Waals surface area contributed by atoms with Gasteiger partial charge in [0, 0.05) is 54.3 Å². The number of anilines is 6. The topological polar surface area (TPSA) is 6.48 Å². The Labute approximate surface area is 348 Å².